The van der Waals surface area contributed by atoms with Crippen LogP contribution in [0.4, 0.5) is 0 Å². The molecule has 1 aliphatic rings. The minimum Gasteiger partial charge on any atom is -0.507 e. The molecule has 0 saturated heterocycles. The molecule has 1 atom stereocenters. The first-order valence-electron chi connectivity index (χ1n) is 6.65. The van der Waals surface area contributed by atoms with Crippen molar-refractivity contribution in [3.63, 3.8) is 0 Å². The number of amides is 1. The lowest BCUT2D eigenvalue weighted by Crippen LogP contribution is -2.44. The van der Waals surface area contributed by atoms with E-state index in [1.54, 1.807) is 0 Å². The molecule has 1 aromatic rings. The summed E-state index contributed by atoms with van der Waals surface area (Å²) in [6, 6.07) is 4.14. The molecule has 5 N–H and O–H groups in total. The summed E-state index contributed by atoms with van der Waals surface area (Å²) in [4.78, 5) is 12.1. The van der Waals surface area contributed by atoms with Gasteiger partial charge in [-0.2, -0.15) is 0 Å². The van der Waals surface area contributed by atoms with Crippen LogP contribution in [0.3, 0.4) is 0 Å². The van der Waals surface area contributed by atoms with Gasteiger partial charge in [-0.1, -0.05) is 18.9 Å². The maximum Gasteiger partial charge on any atom is 0.259 e. The number of phenols is 2. The fourth-order valence-electron chi connectivity index (χ4n) is 2.73. The van der Waals surface area contributed by atoms with Gasteiger partial charge in [-0.3, -0.25) is 4.79 Å². The molecule has 0 radical (unpaired) electrons. The van der Waals surface area contributed by atoms with Crippen LogP contribution < -0.4 is 11.1 Å². The third kappa shape index (κ3) is 2.98. The average molecular weight is 264 g/mol. The fourth-order valence-corrected chi connectivity index (χ4v) is 2.73. The maximum atomic E-state index is 12.1. The van der Waals surface area contributed by atoms with Crippen LogP contribution in [0.1, 0.15) is 36.0 Å². The standard InChI is InChI=1S/C14H20N2O3/c15-8-10(9-4-1-2-5-9)16-14(19)13-11(17)6-3-7-12(13)18/h3,6-7,9-10,17-18H,1-2,4-5,8,15H2,(H,16,19). The van der Waals surface area contributed by atoms with Gasteiger partial charge in [0.05, 0.1) is 0 Å². The highest BCUT2D eigenvalue weighted by Gasteiger charge is 2.27. The minimum atomic E-state index is -0.474. The Morgan fingerprint density at radius 2 is 1.89 bits per heavy atom. The lowest BCUT2D eigenvalue weighted by atomic mass is 9.97. The van der Waals surface area contributed by atoms with E-state index in [9.17, 15) is 15.0 Å². The van der Waals surface area contributed by atoms with Crippen LogP contribution in [0.2, 0.25) is 0 Å². The second kappa shape index (κ2) is 5.93. The predicted molar refractivity (Wildman–Crippen MR) is 72.0 cm³/mol. The molecular weight excluding hydrogens is 244 g/mol. The van der Waals surface area contributed by atoms with E-state index >= 15 is 0 Å². The number of nitrogens with one attached hydrogen (secondary N) is 1. The highest BCUT2D eigenvalue weighted by Crippen LogP contribution is 2.29. The van der Waals surface area contributed by atoms with Crippen molar-refractivity contribution in [2.45, 2.75) is 31.7 Å². The summed E-state index contributed by atoms with van der Waals surface area (Å²) < 4.78 is 0. The van der Waals surface area contributed by atoms with Crippen molar-refractivity contribution >= 4 is 5.91 Å². The van der Waals surface area contributed by atoms with Gasteiger partial charge in [-0.05, 0) is 30.9 Å². The van der Waals surface area contributed by atoms with Crippen molar-refractivity contribution < 1.29 is 15.0 Å². The molecule has 0 heterocycles. The van der Waals surface area contributed by atoms with E-state index in [0.29, 0.717) is 12.5 Å². The summed E-state index contributed by atoms with van der Waals surface area (Å²) in [5.41, 5.74) is 5.63. The van der Waals surface area contributed by atoms with E-state index in [4.69, 9.17) is 5.73 Å². The van der Waals surface area contributed by atoms with Gasteiger partial charge in [0.25, 0.3) is 5.91 Å². The Hall–Kier alpha value is -1.75. The van der Waals surface area contributed by atoms with Crippen molar-refractivity contribution in [2.24, 2.45) is 11.7 Å². The topological polar surface area (TPSA) is 95.6 Å². The number of benzene rings is 1. The molecule has 0 aromatic heterocycles. The molecule has 5 heteroatoms. The Balaban J connectivity index is 2.11. The summed E-state index contributed by atoms with van der Waals surface area (Å²) >= 11 is 0. The van der Waals surface area contributed by atoms with Crippen LogP contribution in [0.25, 0.3) is 0 Å². The highest BCUT2D eigenvalue weighted by atomic mass is 16.3. The fraction of sp³-hybridized carbons (Fsp3) is 0.500. The number of carbonyl (C=O) groups excluding carboxylic acids is 1. The summed E-state index contributed by atoms with van der Waals surface area (Å²) in [7, 11) is 0. The number of rotatable bonds is 4. The summed E-state index contributed by atoms with van der Waals surface area (Å²) in [6.07, 6.45) is 4.46. The Kier molecular flexibility index (Phi) is 4.27. The molecule has 1 fully saturated rings. The molecule has 0 spiro atoms. The van der Waals surface area contributed by atoms with E-state index in [2.05, 4.69) is 5.32 Å². The van der Waals surface area contributed by atoms with Gasteiger partial charge in [-0.15, -0.1) is 0 Å². The lowest BCUT2D eigenvalue weighted by molar-refractivity contribution is 0.0918. The van der Waals surface area contributed by atoms with Gasteiger partial charge < -0.3 is 21.3 Å². The normalized spacial score (nSPS) is 17.3. The Bertz CT molecular complexity index is 436. The largest absolute Gasteiger partial charge is 0.507 e. The van der Waals surface area contributed by atoms with Gasteiger partial charge in [0.2, 0.25) is 0 Å². The van der Waals surface area contributed by atoms with Crippen LogP contribution in [0.5, 0.6) is 11.5 Å². The Morgan fingerprint density at radius 1 is 1.32 bits per heavy atom. The van der Waals surface area contributed by atoms with E-state index < -0.39 is 5.91 Å². The molecule has 104 valence electrons. The van der Waals surface area contributed by atoms with Gasteiger partial charge in [-0.25, -0.2) is 0 Å². The molecule has 1 amide bonds. The molecule has 2 rings (SSSR count). The predicted octanol–water partition coefficient (Wildman–Crippen LogP) is 1.35. The number of hydrogen-bond donors (Lipinski definition) is 4. The number of aromatic hydroxyl groups is 2. The number of phenolic OH excluding ortho intramolecular Hbond substituents is 2. The van der Waals surface area contributed by atoms with E-state index in [0.717, 1.165) is 12.8 Å². The van der Waals surface area contributed by atoms with Crippen molar-refractivity contribution in [1.82, 2.24) is 5.32 Å². The average Bonchev–Trinajstić information content (AvgIpc) is 2.89. The van der Waals surface area contributed by atoms with E-state index in [1.807, 2.05) is 0 Å². The van der Waals surface area contributed by atoms with E-state index in [1.165, 1.54) is 31.0 Å². The zero-order chi connectivity index (χ0) is 13.8. The second-order valence-electron chi connectivity index (χ2n) is 5.03. The first kappa shape index (κ1) is 13.7. The quantitative estimate of drug-likeness (QED) is 0.660. The van der Waals surface area contributed by atoms with Crippen LogP contribution in [0.15, 0.2) is 18.2 Å². The molecule has 1 unspecified atom stereocenters. The molecule has 1 saturated carbocycles. The van der Waals surface area contributed by atoms with E-state index in [-0.39, 0.29) is 23.1 Å². The lowest BCUT2D eigenvalue weighted by Gasteiger charge is -2.23. The monoisotopic (exact) mass is 264 g/mol. The molecule has 5 nitrogen and oxygen atoms in total. The van der Waals surface area contributed by atoms with Crippen molar-refractivity contribution in [2.75, 3.05) is 6.54 Å². The van der Waals surface area contributed by atoms with Gasteiger partial charge >= 0.3 is 0 Å². The summed E-state index contributed by atoms with van der Waals surface area (Å²) in [5.74, 6) is -0.528. The van der Waals surface area contributed by atoms with Crippen molar-refractivity contribution in [3.8, 4) is 11.5 Å². The van der Waals surface area contributed by atoms with Crippen LogP contribution in [-0.4, -0.2) is 28.7 Å². The number of nitrogens with two attached hydrogens (primary N) is 1. The minimum absolute atomic E-state index is 0.0843. The summed E-state index contributed by atoms with van der Waals surface area (Å²) in [5, 5.41) is 22.1. The number of hydrogen-bond acceptors (Lipinski definition) is 4. The molecule has 19 heavy (non-hydrogen) atoms. The highest BCUT2D eigenvalue weighted by molar-refractivity contribution is 5.99. The smallest absolute Gasteiger partial charge is 0.259 e. The van der Waals surface area contributed by atoms with Crippen molar-refractivity contribution in [1.29, 1.82) is 0 Å². The van der Waals surface area contributed by atoms with Crippen molar-refractivity contribution in [3.05, 3.63) is 23.8 Å². The number of carbonyl (C=O) groups is 1. The first-order valence-corrected chi connectivity index (χ1v) is 6.65. The third-order valence-electron chi connectivity index (χ3n) is 3.79. The van der Waals surface area contributed by atoms with Crippen LogP contribution in [0, 0.1) is 5.92 Å². The third-order valence-corrected chi connectivity index (χ3v) is 3.79. The maximum absolute atomic E-state index is 12.1. The molecule has 1 aliphatic carbocycles. The van der Waals surface area contributed by atoms with Gasteiger partial charge in [0, 0.05) is 12.6 Å². The van der Waals surface area contributed by atoms with Gasteiger partial charge in [0.15, 0.2) is 0 Å². The summed E-state index contributed by atoms with van der Waals surface area (Å²) in [6.45, 7) is 0.366. The molecule has 1 aromatic carbocycles. The zero-order valence-electron chi connectivity index (χ0n) is 10.8. The SMILES string of the molecule is NCC(NC(=O)c1c(O)cccc1O)C1CCCC1. The van der Waals surface area contributed by atoms with Gasteiger partial charge in [0.1, 0.15) is 17.1 Å². The Morgan fingerprint density at radius 3 is 2.42 bits per heavy atom. The zero-order valence-corrected chi connectivity index (χ0v) is 10.8. The van der Waals surface area contributed by atoms with Crippen LogP contribution in [-0.2, 0) is 0 Å². The molecule has 0 aliphatic heterocycles. The molecule has 0 bridgehead atoms. The second-order valence-corrected chi connectivity index (χ2v) is 5.03. The van der Waals surface area contributed by atoms with Crippen LogP contribution >= 0.6 is 0 Å². The first-order chi connectivity index (χ1) is 9.13. The Labute approximate surface area is 112 Å². The molecular formula is C14H20N2O3.